The van der Waals surface area contributed by atoms with Crippen LogP contribution in [0.4, 0.5) is 5.69 Å². The zero-order valence-electron chi connectivity index (χ0n) is 11.1. The third kappa shape index (κ3) is 2.75. The summed E-state index contributed by atoms with van der Waals surface area (Å²) in [5.74, 6) is 0.936. The van der Waals surface area contributed by atoms with Gasteiger partial charge in [0.05, 0.1) is 10.5 Å². The van der Waals surface area contributed by atoms with Crippen LogP contribution in [0, 0.1) is 35.3 Å². The lowest BCUT2D eigenvalue weighted by Gasteiger charge is -2.10. The van der Waals surface area contributed by atoms with Gasteiger partial charge in [-0.05, 0) is 43.2 Å². The molecule has 0 unspecified atom stereocenters. The molecule has 0 saturated heterocycles. The Balaban J connectivity index is 2.36. The van der Waals surface area contributed by atoms with E-state index in [0.717, 1.165) is 5.56 Å². The molecule has 0 amide bonds. The Morgan fingerprint density at radius 3 is 2.45 bits per heavy atom. The summed E-state index contributed by atoms with van der Waals surface area (Å²) in [5, 5.41) is 19.8. The van der Waals surface area contributed by atoms with Gasteiger partial charge in [-0.2, -0.15) is 5.26 Å². The molecule has 20 heavy (non-hydrogen) atoms. The van der Waals surface area contributed by atoms with Gasteiger partial charge in [-0.1, -0.05) is 6.07 Å². The largest absolute Gasteiger partial charge is 0.456 e. The second kappa shape index (κ2) is 5.41. The van der Waals surface area contributed by atoms with E-state index in [2.05, 4.69) is 6.07 Å². The lowest BCUT2D eigenvalue weighted by Crippen LogP contribution is -1.93. The monoisotopic (exact) mass is 268 g/mol. The van der Waals surface area contributed by atoms with Crippen LogP contribution in [0.2, 0.25) is 0 Å². The van der Waals surface area contributed by atoms with Crippen LogP contribution in [0.5, 0.6) is 11.5 Å². The molecule has 0 atom stereocenters. The number of nitriles is 1. The van der Waals surface area contributed by atoms with E-state index in [1.807, 2.05) is 13.0 Å². The molecule has 0 saturated carbocycles. The highest BCUT2D eigenvalue weighted by Gasteiger charge is 2.11. The number of hydrogen-bond donors (Lipinski definition) is 0. The first-order valence-electron chi connectivity index (χ1n) is 5.95. The molecule has 0 radical (unpaired) electrons. The van der Waals surface area contributed by atoms with E-state index in [1.54, 1.807) is 19.1 Å². The molecular weight excluding hydrogens is 256 g/mol. The predicted molar refractivity (Wildman–Crippen MR) is 73.8 cm³/mol. The number of ether oxygens (including phenoxy) is 1. The van der Waals surface area contributed by atoms with Gasteiger partial charge in [0.15, 0.2) is 0 Å². The minimum atomic E-state index is -0.455. The Morgan fingerprint density at radius 2 is 1.85 bits per heavy atom. The van der Waals surface area contributed by atoms with Crippen LogP contribution in [0.25, 0.3) is 0 Å². The lowest BCUT2D eigenvalue weighted by molar-refractivity contribution is -0.384. The van der Waals surface area contributed by atoms with Crippen LogP contribution in [-0.2, 0) is 0 Å². The number of nitrogens with zero attached hydrogens (tertiary/aromatic N) is 2. The van der Waals surface area contributed by atoms with Crippen molar-refractivity contribution in [3.8, 4) is 17.6 Å². The smallest absolute Gasteiger partial charge is 0.269 e. The molecule has 0 spiro atoms. The van der Waals surface area contributed by atoms with Crippen LogP contribution < -0.4 is 4.74 Å². The average Bonchev–Trinajstić information content (AvgIpc) is 2.42. The van der Waals surface area contributed by atoms with Crippen molar-refractivity contribution < 1.29 is 9.66 Å². The lowest BCUT2D eigenvalue weighted by atomic mass is 10.1. The van der Waals surface area contributed by atoms with Gasteiger partial charge in [-0.15, -0.1) is 0 Å². The molecule has 5 nitrogen and oxygen atoms in total. The second-order valence-electron chi connectivity index (χ2n) is 4.42. The first-order valence-corrected chi connectivity index (χ1v) is 5.95. The van der Waals surface area contributed by atoms with E-state index in [9.17, 15) is 10.1 Å². The van der Waals surface area contributed by atoms with Crippen molar-refractivity contribution in [2.24, 2.45) is 0 Å². The molecule has 2 aromatic rings. The Bertz CT molecular complexity index is 718. The number of benzene rings is 2. The molecular formula is C15H12N2O3. The van der Waals surface area contributed by atoms with Gasteiger partial charge in [-0.25, -0.2) is 0 Å². The SMILES string of the molecule is Cc1ccc(Oc2ccc([N+](=O)[O-])cc2C)c(C#N)c1. The highest BCUT2D eigenvalue weighted by Crippen LogP contribution is 2.30. The highest BCUT2D eigenvalue weighted by molar-refractivity contribution is 5.50. The molecule has 0 aromatic heterocycles. The number of hydrogen-bond acceptors (Lipinski definition) is 4. The predicted octanol–water partition coefficient (Wildman–Crippen LogP) is 3.88. The molecule has 0 fully saturated rings. The van der Waals surface area contributed by atoms with E-state index in [4.69, 9.17) is 10.00 Å². The maximum Gasteiger partial charge on any atom is 0.269 e. The summed E-state index contributed by atoms with van der Waals surface area (Å²) in [5.41, 5.74) is 2.06. The summed E-state index contributed by atoms with van der Waals surface area (Å²) in [6, 6.07) is 11.7. The molecule has 0 aliphatic carbocycles. The fourth-order valence-corrected chi connectivity index (χ4v) is 1.80. The molecule has 0 aliphatic rings. The van der Waals surface area contributed by atoms with Crippen molar-refractivity contribution in [1.82, 2.24) is 0 Å². The minimum Gasteiger partial charge on any atom is -0.456 e. The van der Waals surface area contributed by atoms with Crippen LogP contribution >= 0.6 is 0 Å². The van der Waals surface area contributed by atoms with Crippen molar-refractivity contribution in [1.29, 1.82) is 5.26 Å². The molecule has 2 rings (SSSR count). The van der Waals surface area contributed by atoms with E-state index in [-0.39, 0.29) is 5.69 Å². The van der Waals surface area contributed by atoms with Gasteiger partial charge < -0.3 is 4.74 Å². The Kier molecular flexibility index (Phi) is 3.67. The maximum atomic E-state index is 10.7. The van der Waals surface area contributed by atoms with Crippen molar-refractivity contribution in [2.75, 3.05) is 0 Å². The Labute approximate surface area is 116 Å². The summed E-state index contributed by atoms with van der Waals surface area (Å²) < 4.78 is 5.68. The zero-order valence-corrected chi connectivity index (χ0v) is 11.1. The van der Waals surface area contributed by atoms with Gasteiger partial charge in [0.2, 0.25) is 0 Å². The highest BCUT2D eigenvalue weighted by atomic mass is 16.6. The van der Waals surface area contributed by atoms with Gasteiger partial charge in [-0.3, -0.25) is 10.1 Å². The molecule has 5 heteroatoms. The standard InChI is InChI=1S/C15H12N2O3/c1-10-3-5-15(12(7-10)9-16)20-14-6-4-13(17(18)19)8-11(14)2/h3-8H,1-2H3. The van der Waals surface area contributed by atoms with Gasteiger partial charge in [0.1, 0.15) is 17.6 Å². The van der Waals surface area contributed by atoms with Gasteiger partial charge in [0, 0.05) is 12.1 Å². The number of rotatable bonds is 3. The van der Waals surface area contributed by atoms with Crippen LogP contribution in [0.15, 0.2) is 36.4 Å². The molecule has 0 heterocycles. The Morgan fingerprint density at radius 1 is 1.15 bits per heavy atom. The number of nitro benzene ring substituents is 1. The first kappa shape index (κ1) is 13.6. The number of nitro groups is 1. The van der Waals surface area contributed by atoms with Crippen LogP contribution in [0.1, 0.15) is 16.7 Å². The second-order valence-corrected chi connectivity index (χ2v) is 4.42. The minimum absolute atomic E-state index is 0.0132. The van der Waals surface area contributed by atoms with Gasteiger partial charge in [0.25, 0.3) is 5.69 Å². The quantitative estimate of drug-likeness (QED) is 0.625. The third-order valence-corrected chi connectivity index (χ3v) is 2.84. The molecule has 0 N–H and O–H groups in total. The van der Waals surface area contributed by atoms with E-state index in [1.165, 1.54) is 18.2 Å². The van der Waals surface area contributed by atoms with E-state index >= 15 is 0 Å². The number of aryl methyl sites for hydroxylation is 2. The number of non-ortho nitro benzene ring substituents is 1. The average molecular weight is 268 g/mol. The summed E-state index contributed by atoms with van der Waals surface area (Å²) in [4.78, 5) is 10.2. The fraction of sp³-hybridized carbons (Fsp3) is 0.133. The zero-order chi connectivity index (χ0) is 14.7. The van der Waals surface area contributed by atoms with Crippen molar-refractivity contribution in [2.45, 2.75) is 13.8 Å². The fourth-order valence-electron chi connectivity index (χ4n) is 1.80. The summed E-state index contributed by atoms with van der Waals surface area (Å²) in [7, 11) is 0. The van der Waals surface area contributed by atoms with Crippen molar-refractivity contribution in [3.63, 3.8) is 0 Å². The molecule has 100 valence electrons. The Hall–Kier alpha value is -2.87. The van der Waals surface area contributed by atoms with Crippen molar-refractivity contribution in [3.05, 3.63) is 63.2 Å². The third-order valence-electron chi connectivity index (χ3n) is 2.84. The topological polar surface area (TPSA) is 76.2 Å². The van der Waals surface area contributed by atoms with E-state index in [0.29, 0.717) is 22.6 Å². The summed E-state index contributed by atoms with van der Waals surface area (Å²) >= 11 is 0. The van der Waals surface area contributed by atoms with E-state index < -0.39 is 4.92 Å². The summed E-state index contributed by atoms with van der Waals surface area (Å²) in [6.45, 7) is 3.62. The van der Waals surface area contributed by atoms with Crippen LogP contribution in [-0.4, -0.2) is 4.92 Å². The van der Waals surface area contributed by atoms with Gasteiger partial charge >= 0.3 is 0 Å². The molecule has 2 aromatic carbocycles. The van der Waals surface area contributed by atoms with Crippen LogP contribution in [0.3, 0.4) is 0 Å². The molecule has 0 bridgehead atoms. The van der Waals surface area contributed by atoms with Crippen molar-refractivity contribution >= 4 is 5.69 Å². The summed E-state index contributed by atoms with van der Waals surface area (Å²) in [6.07, 6.45) is 0. The maximum absolute atomic E-state index is 10.7. The first-order chi connectivity index (χ1) is 9.51. The molecule has 0 aliphatic heterocycles. The normalized spacial score (nSPS) is 9.85.